The molecule has 3 aromatic rings. The second-order valence-electron chi connectivity index (χ2n) is 5.45. The third-order valence-electron chi connectivity index (χ3n) is 3.76. The lowest BCUT2D eigenvalue weighted by Gasteiger charge is -2.13. The Balaban J connectivity index is 1.59. The molecule has 7 heteroatoms. The van der Waals surface area contributed by atoms with Gasteiger partial charge in [-0.3, -0.25) is 4.79 Å². The second kappa shape index (κ2) is 7.31. The van der Waals surface area contributed by atoms with Crippen LogP contribution in [0.25, 0.3) is 10.9 Å². The fourth-order valence-corrected chi connectivity index (χ4v) is 2.47. The Bertz CT molecular complexity index is 862. The number of carbonyl (C=O) groups is 1. The van der Waals surface area contributed by atoms with Gasteiger partial charge in [0.15, 0.2) is 0 Å². The number of amides is 1. The number of alkyl halides is 2. The van der Waals surface area contributed by atoms with Gasteiger partial charge in [-0.15, -0.1) is 0 Å². The number of halogens is 2. The lowest BCUT2D eigenvalue weighted by molar-refractivity contribution is -0.0498. The highest BCUT2D eigenvalue weighted by molar-refractivity contribution is 5.97. The van der Waals surface area contributed by atoms with Gasteiger partial charge in [0.2, 0.25) is 0 Å². The van der Waals surface area contributed by atoms with E-state index in [-0.39, 0.29) is 18.2 Å². The quantitative estimate of drug-likeness (QED) is 0.641. The van der Waals surface area contributed by atoms with Gasteiger partial charge in [0.25, 0.3) is 5.91 Å². The number of aliphatic hydroxyl groups is 1. The molecule has 5 nitrogen and oxygen atoms in total. The minimum atomic E-state index is -2.90. The molecule has 0 spiro atoms. The number of aliphatic hydroxyl groups excluding tert-OH is 1. The fraction of sp³-hybridized carbons (Fsp3) is 0.167. The maximum Gasteiger partial charge on any atom is 0.387 e. The van der Waals surface area contributed by atoms with Crippen LogP contribution in [0, 0.1) is 0 Å². The van der Waals surface area contributed by atoms with Crippen molar-refractivity contribution in [1.82, 2.24) is 10.3 Å². The summed E-state index contributed by atoms with van der Waals surface area (Å²) < 4.78 is 28.5. The molecule has 1 aromatic heterocycles. The molecule has 0 saturated heterocycles. The first kappa shape index (κ1) is 16.9. The number of nitrogens with one attached hydrogen (secondary N) is 2. The van der Waals surface area contributed by atoms with Crippen LogP contribution in [0.4, 0.5) is 8.78 Å². The van der Waals surface area contributed by atoms with E-state index >= 15 is 0 Å². The number of fused-ring (bicyclic) bond motifs is 1. The van der Waals surface area contributed by atoms with Crippen LogP contribution in [0.2, 0.25) is 0 Å². The van der Waals surface area contributed by atoms with Crippen molar-refractivity contribution < 1.29 is 23.4 Å². The zero-order valence-corrected chi connectivity index (χ0v) is 13.1. The maximum absolute atomic E-state index is 12.2. The van der Waals surface area contributed by atoms with E-state index in [4.69, 9.17) is 0 Å². The molecular formula is C18H16F2N2O3. The van der Waals surface area contributed by atoms with Crippen LogP contribution in [-0.4, -0.2) is 29.2 Å². The zero-order chi connectivity index (χ0) is 17.8. The van der Waals surface area contributed by atoms with Crippen molar-refractivity contribution in [2.45, 2.75) is 12.7 Å². The molecule has 25 heavy (non-hydrogen) atoms. The maximum atomic E-state index is 12.2. The monoisotopic (exact) mass is 346 g/mol. The lowest BCUT2D eigenvalue weighted by Crippen LogP contribution is -2.28. The van der Waals surface area contributed by atoms with E-state index < -0.39 is 12.7 Å². The Morgan fingerprint density at radius 2 is 1.92 bits per heavy atom. The van der Waals surface area contributed by atoms with Gasteiger partial charge in [-0.25, -0.2) is 0 Å². The molecule has 3 N–H and O–H groups in total. The van der Waals surface area contributed by atoms with Crippen molar-refractivity contribution in [2.24, 2.45) is 0 Å². The normalized spacial score (nSPS) is 12.3. The van der Waals surface area contributed by atoms with Gasteiger partial charge in [0.05, 0.1) is 6.10 Å². The summed E-state index contributed by atoms with van der Waals surface area (Å²) in [5, 5.41) is 13.8. The predicted octanol–water partition coefficient (Wildman–Crippen LogP) is 3.23. The van der Waals surface area contributed by atoms with E-state index in [1.54, 1.807) is 18.3 Å². The molecule has 0 aliphatic rings. The number of rotatable bonds is 6. The molecule has 0 unspecified atom stereocenters. The number of carbonyl (C=O) groups excluding carboxylic acids is 1. The number of hydrogen-bond acceptors (Lipinski definition) is 3. The van der Waals surface area contributed by atoms with Gasteiger partial charge in [-0.1, -0.05) is 18.2 Å². The molecule has 0 aliphatic carbocycles. The highest BCUT2D eigenvalue weighted by Gasteiger charge is 2.12. The predicted molar refractivity (Wildman–Crippen MR) is 88.7 cm³/mol. The van der Waals surface area contributed by atoms with Gasteiger partial charge in [0, 0.05) is 23.8 Å². The molecule has 0 fully saturated rings. The average molecular weight is 346 g/mol. The summed E-state index contributed by atoms with van der Waals surface area (Å²) in [5.41, 5.74) is 1.81. The van der Waals surface area contributed by atoms with E-state index in [2.05, 4.69) is 15.0 Å². The van der Waals surface area contributed by atoms with Crippen LogP contribution in [-0.2, 0) is 0 Å². The number of benzene rings is 2. The van der Waals surface area contributed by atoms with E-state index in [1.807, 2.05) is 12.1 Å². The molecule has 1 atom stereocenters. The van der Waals surface area contributed by atoms with Crippen molar-refractivity contribution in [1.29, 1.82) is 0 Å². The Labute approximate surface area is 142 Å². The van der Waals surface area contributed by atoms with Crippen molar-refractivity contribution >= 4 is 16.8 Å². The van der Waals surface area contributed by atoms with Crippen LogP contribution in [0.1, 0.15) is 22.0 Å². The van der Waals surface area contributed by atoms with E-state index in [0.29, 0.717) is 11.1 Å². The second-order valence-corrected chi connectivity index (χ2v) is 5.45. The number of ether oxygens (including phenoxy) is 1. The van der Waals surface area contributed by atoms with Crippen molar-refractivity contribution in [3.63, 3.8) is 0 Å². The minimum Gasteiger partial charge on any atom is -0.435 e. The first-order valence-electron chi connectivity index (χ1n) is 7.61. The summed E-state index contributed by atoms with van der Waals surface area (Å²) in [7, 11) is 0. The highest BCUT2D eigenvalue weighted by Crippen LogP contribution is 2.19. The van der Waals surface area contributed by atoms with Gasteiger partial charge in [0.1, 0.15) is 5.75 Å². The Kier molecular flexibility index (Phi) is 4.95. The Morgan fingerprint density at radius 3 is 2.64 bits per heavy atom. The third kappa shape index (κ3) is 4.13. The molecule has 2 aromatic carbocycles. The first-order chi connectivity index (χ1) is 12.0. The molecule has 3 rings (SSSR count). The van der Waals surface area contributed by atoms with Crippen LogP contribution < -0.4 is 10.1 Å². The SMILES string of the molecule is O=C(NC[C@@H](O)c1ccc(OC(F)F)cc1)c1ccc2cc[nH]c2c1. The number of hydrogen-bond donors (Lipinski definition) is 3. The van der Waals surface area contributed by atoms with Crippen LogP contribution in [0.15, 0.2) is 54.7 Å². The van der Waals surface area contributed by atoms with Crippen LogP contribution >= 0.6 is 0 Å². The highest BCUT2D eigenvalue weighted by atomic mass is 19.3. The van der Waals surface area contributed by atoms with Crippen LogP contribution in [0.5, 0.6) is 5.75 Å². The summed E-state index contributed by atoms with van der Waals surface area (Å²) >= 11 is 0. The first-order valence-corrected chi connectivity index (χ1v) is 7.61. The van der Waals surface area contributed by atoms with Gasteiger partial charge in [-0.05, 0) is 41.3 Å². The van der Waals surface area contributed by atoms with E-state index in [0.717, 1.165) is 10.9 Å². The molecule has 0 radical (unpaired) electrons. The Morgan fingerprint density at radius 1 is 1.16 bits per heavy atom. The van der Waals surface area contributed by atoms with Crippen molar-refractivity contribution in [2.75, 3.05) is 6.54 Å². The Hall–Kier alpha value is -2.93. The molecule has 0 bridgehead atoms. The standard InChI is InChI=1S/C18H16F2N2O3/c19-18(20)25-14-5-3-12(4-6-14)16(23)10-22-17(24)13-2-1-11-7-8-21-15(11)9-13/h1-9,16,18,21,23H,10H2,(H,22,24)/t16-/m1/s1. The summed E-state index contributed by atoms with van der Waals surface area (Å²) in [6.07, 6.45) is 0.830. The largest absolute Gasteiger partial charge is 0.435 e. The summed E-state index contributed by atoms with van der Waals surface area (Å²) in [5.74, 6) is -0.303. The zero-order valence-electron chi connectivity index (χ0n) is 13.1. The summed E-state index contributed by atoms with van der Waals surface area (Å²) in [4.78, 5) is 15.2. The molecule has 0 aliphatic heterocycles. The van der Waals surface area contributed by atoms with E-state index in [9.17, 15) is 18.7 Å². The fourth-order valence-electron chi connectivity index (χ4n) is 2.47. The minimum absolute atomic E-state index is 0.00333. The summed E-state index contributed by atoms with van der Waals surface area (Å²) in [6.45, 7) is -2.90. The molecule has 1 heterocycles. The number of H-pyrrole nitrogens is 1. The van der Waals surface area contributed by atoms with E-state index in [1.165, 1.54) is 24.3 Å². The number of aromatic nitrogens is 1. The molecule has 130 valence electrons. The van der Waals surface area contributed by atoms with Gasteiger partial charge >= 0.3 is 6.61 Å². The topological polar surface area (TPSA) is 74.3 Å². The smallest absolute Gasteiger partial charge is 0.387 e. The third-order valence-corrected chi connectivity index (χ3v) is 3.76. The lowest BCUT2D eigenvalue weighted by atomic mass is 10.1. The number of aromatic amines is 1. The van der Waals surface area contributed by atoms with Crippen molar-refractivity contribution in [3.8, 4) is 5.75 Å². The molecular weight excluding hydrogens is 330 g/mol. The average Bonchev–Trinajstić information content (AvgIpc) is 3.07. The summed E-state index contributed by atoms with van der Waals surface area (Å²) in [6, 6.07) is 12.8. The molecule has 1 amide bonds. The van der Waals surface area contributed by atoms with Crippen LogP contribution in [0.3, 0.4) is 0 Å². The van der Waals surface area contributed by atoms with Gasteiger partial charge in [-0.2, -0.15) is 8.78 Å². The van der Waals surface area contributed by atoms with Crippen molar-refractivity contribution in [3.05, 3.63) is 65.9 Å². The molecule has 0 saturated carbocycles. The van der Waals surface area contributed by atoms with Gasteiger partial charge < -0.3 is 20.1 Å².